The van der Waals surface area contributed by atoms with Crippen LogP contribution in [-0.4, -0.2) is 23.5 Å². The average molecular weight is 260 g/mol. The molecule has 1 aromatic carbocycles. The zero-order valence-electron chi connectivity index (χ0n) is 8.78. The van der Waals surface area contributed by atoms with Gasteiger partial charge in [-0.1, -0.05) is 16.8 Å². The Morgan fingerprint density at radius 2 is 2.29 bits per heavy atom. The molecule has 0 radical (unpaired) electrons. The molecule has 0 fully saturated rings. The fourth-order valence-corrected chi connectivity index (χ4v) is 1.21. The van der Waals surface area contributed by atoms with Crippen molar-refractivity contribution in [2.45, 2.75) is 6.42 Å². The van der Waals surface area contributed by atoms with Crippen LogP contribution in [-0.2, 0) is 0 Å². The molecule has 7 heteroatoms. The summed E-state index contributed by atoms with van der Waals surface area (Å²) in [6, 6.07) is 3.75. The summed E-state index contributed by atoms with van der Waals surface area (Å²) in [5, 5.41) is 13.5. The maximum absolute atomic E-state index is 13.1. The maximum atomic E-state index is 13.1. The molecule has 1 aromatic rings. The van der Waals surface area contributed by atoms with Crippen LogP contribution in [0.15, 0.2) is 23.4 Å². The van der Waals surface area contributed by atoms with Crippen LogP contribution in [0.25, 0.3) is 0 Å². The molecule has 0 heterocycles. The number of oxime groups is 1. The second-order valence-electron chi connectivity index (χ2n) is 3.23. The number of hydrogen-bond acceptors (Lipinski definition) is 3. The quantitative estimate of drug-likeness (QED) is 0.330. The van der Waals surface area contributed by atoms with Gasteiger partial charge in [-0.2, -0.15) is 0 Å². The first-order valence-corrected chi connectivity index (χ1v) is 5.12. The Morgan fingerprint density at radius 3 is 2.88 bits per heavy atom. The van der Waals surface area contributed by atoms with Gasteiger partial charge in [0.05, 0.1) is 5.02 Å². The highest BCUT2D eigenvalue weighted by Gasteiger charge is 2.08. The van der Waals surface area contributed by atoms with E-state index in [0.717, 1.165) is 6.07 Å². The number of hydrogen-bond donors (Lipinski definition) is 3. The minimum atomic E-state index is -0.657. The van der Waals surface area contributed by atoms with Gasteiger partial charge in [0.2, 0.25) is 0 Å². The van der Waals surface area contributed by atoms with Crippen molar-refractivity contribution in [3.8, 4) is 0 Å². The molecule has 0 aliphatic carbocycles. The lowest BCUT2D eigenvalue weighted by molar-refractivity contribution is 0.0954. The van der Waals surface area contributed by atoms with Crippen molar-refractivity contribution >= 4 is 23.3 Å². The van der Waals surface area contributed by atoms with Gasteiger partial charge < -0.3 is 16.3 Å². The van der Waals surface area contributed by atoms with E-state index in [9.17, 15) is 9.18 Å². The van der Waals surface area contributed by atoms with E-state index < -0.39 is 11.7 Å². The number of halogens is 2. The molecule has 1 amide bonds. The van der Waals surface area contributed by atoms with Gasteiger partial charge in [0.25, 0.3) is 5.91 Å². The highest BCUT2D eigenvalue weighted by atomic mass is 35.5. The van der Waals surface area contributed by atoms with E-state index in [-0.39, 0.29) is 29.4 Å². The number of nitrogens with one attached hydrogen (secondary N) is 1. The van der Waals surface area contributed by atoms with Crippen molar-refractivity contribution in [3.05, 3.63) is 34.6 Å². The monoisotopic (exact) mass is 259 g/mol. The van der Waals surface area contributed by atoms with Gasteiger partial charge in [0.1, 0.15) is 11.7 Å². The molecule has 0 aliphatic heterocycles. The number of benzene rings is 1. The topological polar surface area (TPSA) is 87.7 Å². The van der Waals surface area contributed by atoms with Crippen molar-refractivity contribution < 1.29 is 14.4 Å². The number of carbonyl (C=O) groups is 1. The number of carbonyl (C=O) groups excluding carboxylic acids is 1. The molecule has 0 aliphatic rings. The predicted molar refractivity (Wildman–Crippen MR) is 61.8 cm³/mol. The largest absolute Gasteiger partial charge is 0.409 e. The lowest BCUT2D eigenvalue weighted by atomic mass is 10.2. The van der Waals surface area contributed by atoms with Gasteiger partial charge in [-0.15, -0.1) is 0 Å². The third-order valence-electron chi connectivity index (χ3n) is 1.98. The van der Waals surface area contributed by atoms with Crippen LogP contribution in [0.5, 0.6) is 0 Å². The standard InChI is InChI=1S/C10H11ClFN3O2/c11-7-2-1-6(5-8(7)12)10(16)14-4-3-9(13)15-17/h1-2,5,17H,3-4H2,(H2,13,15)(H,14,16). The van der Waals surface area contributed by atoms with Crippen LogP contribution in [0.4, 0.5) is 4.39 Å². The predicted octanol–water partition coefficient (Wildman–Crippen LogP) is 1.35. The molecule has 0 unspecified atom stereocenters. The lowest BCUT2D eigenvalue weighted by Crippen LogP contribution is -2.28. The Labute approximate surface area is 102 Å². The summed E-state index contributed by atoms with van der Waals surface area (Å²) < 4.78 is 13.1. The van der Waals surface area contributed by atoms with E-state index in [1.807, 2.05) is 0 Å². The first kappa shape index (κ1) is 13.2. The van der Waals surface area contributed by atoms with E-state index in [4.69, 9.17) is 22.5 Å². The number of amidine groups is 1. The molecule has 0 saturated carbocycles. The van der Waals surface area contributed by atoms with Gasteiger partial charge in [-0.3, -0.25) is 4.79 Å². The van der Waals surface area contributed by atoms with Gasteiger partial charge in [0, 0.05) is 18.5 Å². The summed E-state index contributed by atoms with van der Waals surface area (Å²) in [5.41, 5.74) is 5.37. The van der Waals surface area contributed by atoms with Crippen LogP contribution in [0.1, 0.15) is 16.8 Å². The molecule has 17 heavy (non-hydrogen) atoms. The molecule has 5 nitrogen and oxygen atoms in total. The third-order valence-corrected chi connectivity index (χ3v) is 2.28. The van der Waals surface area contributed by atoms with E-state index in [1.54, 1.807) is 0 Å². The highest BCUT2D eigenvalue weighted by molar-refractivity contribution is 6.30. The molecule has 0 bridgehead atoms. The highest BCUT2D eigenvalue weighted by Crippen LogP contribution is 2.15. The molecule has 0 saturated heterocycles. The SMILES string of the molecule is N/C(CCNC(=O)c1ccc(Cl)c(F)c1)=N/O. The molecular weight excluding hydrogens is 249 g/mol. The minimum absolute atomic E-state index is 0.00702. The third kappa shape index (κ3) is 3.92. The van der Waals surface area contributed by atoms with Crippen molar-refractivity contribution in [1.82, 2.24) is 5.32 Å². The van der Waals surface area contributed by atoms with Crippen molar-refractivity contribution in [2.24, 2.45) is 10.9 Å². The molecule has 92 valence electrons. The summed E-state index contributed by atoms with van der Waals surface area (Å²) in [4.78, 5) is 11.5. The van der Waals surface area contributed by atoms with Crippen molar-refractivity contribution in [1.29, 1.82) is 0 Å². The van der Waals surface area contributed by atoms with Crippen LogP contribution in [0.2, 0.25) is 5.02 Å². The first-order valence-electron chi connectivity index (χ1n) is 4.74. The number of amides is 1. The second kappa shape index (κ2) is 6.05. The fourth-order valence-electron chi connectivity index (χ4n) is 1.09. The Hall–Kier alpha value is -1.82. The number of nitrogens with two attached hydrogens (primary N) is 1. The van der Waals surface area contributed by atoms with E-state index in [0.29, 0.717) is 0 Å². The Kier molecular flexibility index (Phi) is 4.71. The summed E-state index contributed by atoms with van der Waals surface area (Å²) >= 11 is 5.48. The molecule has 0 aromatic heterocycles. The van der Waals surface area contributed by atoms with E-state index in [2.05, 4.69) is 10.5 Å². The fraction of sp³-hybridized carbons (Fsp3) is 0.200. The lowest BCUT2D eigenvalue weighted by Gasteiger charge is -2.05. The molecule has 4 N–H and O–H groups in total. The Bertz CT molecular complexity index is 451. The average Bonchev–Trinajstić information content (AvgIpc) is 2.32. The first-order chi connectivity index (χ1) is 8.04. The summed E-state index contributed by atoms with van der Waals surface area (Å²) in [6.07, 6.45) is 0.207. The number of nitrogens with zero attached hydrogens (tertiary/aromatic N) is 1. The minimum Gasteiger partial charge on any atom is -0.409 e. The van der Waals surface area contributed by atoms with Crippen LogP contribution >= 0.6 is 11.6 Å². The molecular formula is C10H11ClFN3O2. The zero-order valence-corrected chi connectivity index (χ0v) is 9.54. The van der Waals surface area contributed by atoms with Gasteiger partial charge in [0.15, 0.2) is 0 Å². The summed E-state index contributed by atoms with van der Waals surface area (Å²) in [7, 11) is 0. The van der Waals surface area contributed by atoms with Crippen LogP contribution in [0.3, 0.4) is 0 Å². The number of rotatable bonds is 4. The summed E-state index contributed by atoms with van der Waals surface area (Å²) in [6.45, 7) is 0.193. The zero-order chi connectivity index (χ0) is 12.8. The smallest absolute Gasteiger partial charge is 0.251 e. The van der Waals surface area contributed by atoms with E-state index >= 15 is 0 Å². The van der Waals surface area contributed by atoms with Crippen LogP contribution < -0.4 is 11.1 Å². The van der Waals surface area contributed by atoms with Gasteiger partial charge in [-0.25, -0.2) is 4.39 Å². The Morgan fingerprint density at radius 1 is 1.59 bits per heavy atom. The molecule has 0 atom stereocenters. The van der Waals surface area contributed by atoms with Crippen LogP contribution in [0, 0.1) is 5.82 Å². The Balaban J connectivity index is 2.55. The molecule has 0 spiro atoms. The van der Waals surface area contributed by atoms with Crippen molar-refractivity contribution in [2.75, 3.05) is 6.54 Å². The van der Waals surface area contributed by atoms with E-state index in [1.165, 1.54) is 12.1 Å². The maximum Gasteiger partial charge on any atom is 0.251 e. The molecule has 1 rings (SSSR count). The van der Waals surface area contributed by atoms with Gasteiger partial charge >= 0.3 is 0 Å². The second-order valence-corrected chi connectivity index (χ2v) is 3.63. The van der Waals surface area contributed by atoms with Crippen molar-refractivity contribution in [3.63, 3.8) is 0 Å². The normalized spacial score (nSPS) is 11.3. The summed E-state index contributed by atoms with van der Waals surface area (Å²) in [5.74, 6) is -1.10. The van der Waals surface area contributed by atoms with Gasteiger partial charge in [-0.05, 0) is 18.2 Å².